The molecule has 0 bridgehead atoms. The molecule has 1 aromatic carbocycles. The molecule has 3 rings (SSSR count). The third kappa shape index (κ3) is 4.05. The van der Waals surface area contributed by atoms with Crippen LogP contribution in [-0.4, -0.2) is 31.5 Å². The standard InChI is InChI=1S/C16H16FN5O2S/c1-3-12(15(23)18-13-8-9(2)24-22-13)25-16-19-14(20-21-16)10-6-4-5-7-11(10)17/h4-8,12H,3H2,1-2H3,(H,18,22,23)(H,19,20,21). The van der Waals surface area contributed by atoms with Gasteiger partial charge in [0.05, 0.1) is 10.8 Å². The lowest BCUT2D eigenvalue weighted by molar-refractivity contribution is -0.115. The number of nitrogens with one attached hydrogen (secondary N) is 2. The number of aromatic nitrogens is 4. The number of H-pyrrole nitrogens is 1. The Morgan fingerprint density at radius 3 is 2.92 bits per heavy atom. The molecule has 0 spiro atoms. The molecular weight excluding hydrogens is 345 g/mol. The average molecular weight is 361 g/mol. The summed E-state index contributed by atoms with van der Waals surface area (Å²) in [6.45, 7) is 3.63. The number of hydrogen-bond donors (Lipinski definition) is 2. The van der Waals surface area contributed by atoms with Crippen molar-refractivity contribution in [2.24, 2.45) is 0 Å². The zero-order valence-electron chi connectivity index (χ0n) is 13.6. The highest BCUT2D eigenvalue weighted by Gasteiger charge is 2.22. The Hall–Kier alpha value is -2.68. The van der Waals surface area contributed by atoms with Gasteiger partial charge in [-0.1, -0.05) is 36.0 Å². The van der Waals surface area contributed by atoms with E-state index in [1.807, 2.05) is 6.92 Å². The van der Waals surface area contributed by atoms with E-state index in [1.54, 1.807) is 31.2 Å². The van der Waals surface area contributed by atoms with Crippen LogP contribution in [0.3, 0.4) is 0 Å². The van der Waals surface area contributed by atoms with Gasteiger partial charge in [-0.15, -0.1) is 5.10 Å². The largest absolute Gasteiger partial charge is 0.360 e. The second-order valence-electron chi connectivity index (χ2n) is 5.27. The van der Waals surface area contributed by atoms with Gasteiger partial charge in [0, 0.05) is 6.07 Å². The minimum Gasteiger partial charge on any atom is -0.360 e. The lowest BCUT2D eigenvalue weighted by Crippen LogP contribution is -2.24. The molecule has 1 unspecified atom stereocenters. The van der Waals surface area contributed by atoms with Gasteiger partial charge in [-0.2, -0.15) is 0 Å². The fourth-order valence-corrected chi connectivity index (χ4v) is 2.98. The first-order valence-corrected chi connectivity index (χ1v) is 8.53. The molecule has 3 aromatic rings. The first-order valence-electron chi connectivity index (χ1n) is 7.65. The summed E-state index contributed by atoms with van der Waals surface area (Å²) in [6, 6.07) is 7.93. The Bertz CT molecular complexity index is 879. The maximum atomic E-state index is 13.8. The van der Waals surface area contributed by atoms with Gasteiger partial charge in [0.25, 0.3) is 0 Å². The van der Waals surface area contributed by atoms with Crippen LogP contribution in [0.5, 0.6) is 0 Å². The predicted molar refractivity (Wildman–Crippen MR) is 91.6 cm³/mol. The number of aromatic amines is 1. The molecule has 2 aromatic heterocycles. The number of carbonyl (C=O) groups is 1. The molecule has 0 aliphatic heterocycles. The number of thioether (sulfide) groups is 1. The van der Waals surface area contributed by atoms with Crippen LogP contribution in [0.25, 0.3) is 11.4 Å². The summed E-state index contributed by atoms with van der Waals surface area (Å²) in [4.78, 5) is 16.6. The quantitative estimate of drug-likeness (QED) is 0.653. The van der Waals surface area contributed by atoms with Gasteiger partial charge >= 0.3 is 0 Å². The molecule has 0 fully saturated rings. The normalized spacial score (nSPS) is 12.1. The van der Waals surface area contributed by atoms with Crippen molar-refractivity contribution in [3.63, 3.8) is 0 Å². The average Bonchev–Trinajstić information content (AvgIpc) is 3.22. The number of halogens is 1. The first kappa shape index (κ1) is 17.2. The monoisotopic (exact) mass is 361 g/mol. The maximum Gasteiger partial charge on any atom is 0.239 e. The van der Waals surface area contributed by atoms with Crippen LogP contribution in [0.15, 0.2) is 40.0 Å². The van der Waals surface area contributed by atoms with E-state index >= 15 is 0 Å². The highest BCUT2D eigenvalue weighted by atomic mass is 32.2. The summed E-state index contributed by atoms with van der Waals surface area (Å²) in [6.07, 6.45) is 0.566. The number of benzene rings is 1. The van der Waals surface area contributed by atoms with Crippen molar-refractivity contribution in [3.8, 4) is 11.4 Å². The van der Waals surface area contributed by atoms with Crippen molar-refractivity contribution in [1.82, 2.24) is 20.3 Å². The van der Waals surface area contributed by atoms with Crippen molar-refractivity contribution in [3.05, 3.63) is 41.9 Å². The summed E-state index contributed by atoms with van der Waals surface area (Å²) in [5.41, 5.74) is 0.331. The molecule has 1 atom stereocenters. The number of hydrogen-bond acceptors (Lipinski definition) is 6. The summed E-state index contributed by atoms with van der Waals surface area (Å²) in [5.74, 6) is 0.686. The number of aryl methyl sites for hydroxylation is 1. The molecule has 0 saturated carbocycles. The number of amides is 1. The number of carbonyl (C=O) groups excluding carboxylic acids is 1. The van der Waals surface area contributed by atoms with Gasteiger partial charge in [0.15, 0.2) is 11.6 Å². The molecule has 25 heavy (non-hydrogen) atoms. The highest BCUT2D eigenvalue weighted by molar-refractivity contribution is 8.00. The summed E-state index contributed by atoms with van der Waals surface area (Å²) < 4.78 is 18.7. The van der Waals surface area contributed by atoms with Gasteiger partial charge in [0.1, 0.15) is 11.6 Å². The minimum absolute atomic E-state index is 0.224. The fraction of sp³-hybridized carbons (Fsp3) is 0.250. The second-order valence-corrected chi connectivity index (χ2v) is 6.44. The molecule has 2 heterocycles. The van der Waals surface area contributed by atoms with Crippen LogP contribution in [0.1, 0.15) is 19.1 Å². The zero-order valence-corrected chi connectivity index (χ0v) is 14.4. The van der Waals surface area contributed by atoms with Crippen LogP contribution >= 0.6 is 11.8 Å². The van der Waals surface area contributed by atoms with Gasteiger partial charge in [-0.3, -0.25) is 9.89 Å². The molecule has 130 valence electrons. The van der Waals surface area contributed by atoms with Crippen LogP contribution in [0, 0.1) is 12.7 Å². The van der Waals surface area contributed by atoms with E-state index in [9.17, 15) is 9.18 Å². The molecule has 0 saturated heterocycles. The molecular formula is C16H16FN5O2S. The SMILES string of the molecule is CCC(Sc1n[nH]c(-c2ccccc2F)n1)C(=O)Nc1cc(C)on1. The van der Waals surface area contributed by atoms with Crippen molar-refractivity contribution >= 4 is 23.5 Å². The fourth-order valence-electron chi connectivity index (χ4n) is 2.15. The molecule has 9 heteroatoms. The van der Waals surface area contributed by atoms with Crippen LogP contribution < -0.4 is 5.32 Å². The van der Waals surface area contributed by atoms with Crippen LogP contribution in [0.2, 0.25) is 0 Å². The van der Waals surface area contributed by atoms with Gasteiger partial charge in [-0.25, -0.2) is 9.37 Å². The second kappa shape index (κ2) is 7.47. The smallest absolute Gasteiger partial charge is 0.239 e. The minimum atomic E-state index is -0.415. The van der Waals surface area contributed by atoms with Crippen molar-refractivity contribution in [2.75, 3.05) is 5.32 Å². The lowest BCUT2D eigenvalue weighted by Gasteiger charge is -2.10. The van der Waals surface area contributed by atoms with Gasteiger partial charge in [0.2, 0.25) is 11.1 Å². The third-order valence-corrected chi connectivity index (χ3v) is 4.61. The molecule has 0 aliphatic carbocycles. The highest BCUT2D eigenvalue weighted by Crippen LogP contribution is 2.26. The molecule has 2 N–H and O–H groups in total. The van der Waals surface area contributed by atoms with Gasteiger partial charge < -0.3 is 9.84 Å². The van der Waals surface area contributed by atoms with Crippen LogP contribution in [-0.2, 0) is 4.79 Å². The zero-order chi connectivity index (χ0) is 17.8. The topological polar surface area (TPSA) is 96.7 Å². The summed E-state index contributed by atoms with van der Waals surface area (Å²) >= 11 is 1.20. The van der Waals surface area contributed by atoms with E-state index in [4.69, 9.17) is 4.52 Å². The van der Waals surface area contributed by atoms with E-state index in [1.165, 1.54) is 17.8 Å². The number of rotatable bonds is 6. The molecule has 7 nitrogen and oxygen atoms in total. The van der Waals surface area contributed by atoms with Crippen LogP contribution in [0.4, 0.5) is 10.2 Å². The number of anilines is 1. The van der Waals surface area contributed by atoms with E-state index in [0.29, 0.717) is 34.5 Å². The Kier molecular flexibility index (Phi) is 5.13. The maximum absolute atomic E-state index is 13.8. The molecule has 1 amide bonds. The van der Waals surface area contributed by atoms with E-state index in [0.717, 1.165) is 0 Å². The Balaban J connectivity index is 1.70. The Labute approximate surface area is 147 Å². The van der Waals surface area contributed by atoms with E-state index < -0.39 is 5.25 Å². The third-order valence-electron chi connectivity index (χ3n) is 3.38. The Morgan fingerprint density at radius 1 is 1.44 bits per heavy atom. The molecule has 0 aliphatic rings. The van der Waals surface area contributed by atoms with Crippen molar-refractivity contribution < 1.29 is 13.7 Å². The first-order chi connectivity index (χ1) is 12.1. The van der Waals surface area contributed by atoms with E-state index in [2.05, 4.69) is 25.7 Å². The lowest BCUT2D eigenvalue weighted by atomic mass is 10.2. The summed E-state index contributed by atoms with van der Waals surface area (Å²) in [7, 11) is 0. The summed E-state index contributed by atoms with van der Waals surface area (Å²) in [5, 5.41) is 13.1. The number of nitrogens with zero attached hydrogens (tertiary/aromatic N) is 3. The van der Waals surface area contributed by atoms with E-state index in [-0.39, 0.29) is 11.7 Å². The predicted octanol–water partition coefficient (Wildman–Crippen LogP) is 3.42. The van der Waals surface area contributed by atoms with Crippen molar-refractivity contribution in [2.45, 2.75) is 30.7 Å². The van der Waals surface area contributed by atoms with Crippen molar-refractivity contribution in [1.29, 1.82) is 0 Å². The molecule has 0 radical (unpaired) electrons. The Morgan fingerprint density at radius 2 is 2.24 bits per heavy atom. The van der Waals surface area contributed by atoms with Gasteiger partial charge in [-0.05, 0) is 25.5 Å².